The normalized spacial score (nSPS) is 11.6. The second-order valence-corrected chi connectivity index (χ2v) is 7.22. The summed E-state index contributed by atoms with van der Waals surface area (Å²) in [4.78, 5) is 8.65. The molecule has 3 aromatic carbocycles. The third-order valence-corrected chi connectivity index (χ3v) is 5.25. The van der Waals surface area contributed by atoms with Gasteiger partial charge in [0, 0.05) is 29.7 Å². The number of hydrogen-bond acceptors (Lipinski definition) is 3. The van der Waals surface area contributed by atoms with E-state index in [2.05, 4.69) is 34.2 Å². The molecule has 0 aliphatic carbocycles. The standard InChI is InChI=1S/C28H17N3O.Pt/c1-2-11-25-23(10-1)24-15-14-21(19-26(24)31(25)27-12-3-5-16-29-27)20-8-7-9-22(18-20)32-28-13-4-6-17-30-28;/h1-17H;/q-2;+2/i3D,13D;. The van der Waals surface area contributed by atoms with Gasteiger partial charge in [-0.15, -0.1) is 18.2 Å². The summed E-state index contributed by atoms with van der Waals surface area (Å²) in [5, 5.41) is 2.15. The van der Waals surface area contributed by atoms with Crippen LogP contribution in [0.25, 0.3) is 38.8 Å². The van der Waals surface area contributed by atoms with E-state index >= 15 is 0 Å². The SMILES string of the molecule is [2H]c1ccnc(-n2c3[c-]c(-c4[c-]c(Oc5ncccc5[2H])ccc4)ccc3c3ccccc32)c1.[Pt+2]. The zero-order chi connectivity index (χ0) is 23.1. The number of aromatic nitrogens is 3. The fourth-order valence-corrected chi connectivity index (χ4v) is 3.86. The zero-order valence-corrected chi connectivity index (χ0v) is 19.5. The van der Waals surface area contributed by atoms with Gasteiger partial charge < -0.3 is 9.30 Å². The van der Waals surface area contributed by atoms with Crippen molar-refractivity contribution in [2.75, 3.05) is 0 Å². The van der Waals surface area contributed by atoms with E-state index in [-0.39, 0.29) is 33.0 Å². The van der Waals surface area contributed by atoms with Gasteiger partial charge in [0.05, 0.1) is 2.74 Å². The van der Waals surface area contributed by atoms with Gasteiger partial charge in [0.15, 0.2) is 0 Å². The molecule has 6 aromatic rings. The first-order valence-corrected chi connectivity index (χ1v) is 10.2. The Morgan fingerprint density at radius 2 is 1.64 bits per heavy atom. The van der Waals surface area contributed by atoms with E-state index in [0.29, 0.717) is 17.6 Å². The van der Waals surface area contributed by atoms with Crippen molar-refractivity contribution >= 4 is 21.8 Å². The Labute approximate surface area is 208 Å². The minimum Gasteiger partial charge on any atom is -0.460 e. The summed E-state index contributed by atoms with van der Waals surface area (Å²) < 4.78 is 23.9. The molecule has 0 aliphatic heterocycles. The largest absolute Gasteiger partial charge is 2.00 e. The van der Waals surface area contributed by atoms with Crippen molar-refractivity contribution in [2.45, 2.75) is 0 Å². The maximum atomic E-state index is 8.06. The number of benzene rings is 3. The van der Waals surface area contributed by atoms with Crippen LogP contribution in [0, 0.1) is 12.1 Å². The van der Waals surface area contributed by atoms with E-state index in [0.717, 1.165) is 32.9 Å². The van der Waals surface area contributed by atoms with Gasteiger partial charge in [0.1, 0.15) is 5.82 Å². The molecule has 0 N–H and O–H groups in total. The van der Waals surface area contributed by atoms with Crippen molar-refractivity contribution in [2.24, 2.45) is 0 Å². The first-order chi connectivity index (χ1) is 16.7. The van der Waals surface area contributed by atoms with Gasteiger partial charge in [-0.2, -0.15) is 24.3 Å². The van der Waals surface area contributed by atoms with Crippen molar-refractivity contribution < 1.29 is 28.5 Å². The number of rotatable bonds is 4. The number of hydrogen-bond donors (Lipinski definition) is 0. The molecular formula is C28H17N3OPt. The molecule has 0 aliphatic rings. The molecule has 33 heavy (non-hydrogen) atoms. The van der Waals surface area contributed by atoms with Crippen LogP contribution in [0.4, 0.5) is 0 Å². The monoisotopic (exact) mass is 608 g/mol. The molecule has 0 radical (unpaired) electrons. The van der Waals surface area contributed by atoms with E-state index < -0.39 is 0 Å². The van der Waals surface area contributed by atoms with Crippen LogP contribution in [-0.2, 0) is 21.1 Å². The van der Waals surface area contributed by atoms with Crippen molar-refractivity contribution in [3.63, 3.8) is 0 Å². The summed E-state index contributed by atoms with van der Waals surface area (Å²) in [5.74, 6) is 1.38. The molecule has 0 saturated carbocycles. The minimum atomic E-state index is 0. The fraction of sp³-hybridized carbons (Fsp3) is 0. The molecule has 0 fully saturated rings. The second kappa shape index (κ2) is 9.01. The van der Waals surface area contributed by atoms with Gasteiger partial charge in [-0.05, 0) is 35.2 Å². The predicted molar refractivity (Wildman–Crippen MR) is 126 cm³/mol. The molecule has 0 amide bonds. The number of ether oxygens (including phenoxy) is 1. The van der Waals surface area contributed by atoms with Crippen LogP contribution in [0.1, 0.15) is 2.74 Å². The molecule has 0 atom stereocenters. The average Bonchev–Trinajstić information content (AvgIpc) is 3.19. The molecule has 3 heterocycles. The van der Waals surface area contributed by atoms with Crippen molar-refractivity contribution in [1.82, 2.24) is 14.5 Å². The molecule has 6 rings (SSSR count). The molecule has 0 bridgehead atoms. The van der Waals surface area contributed by atoms with Gasteiger partial charge in [-0.1, -0.05) is 35.7 Å². The Bertz CT molecular complexity index is 1680. The predicted octanol–water partition coefficient (Wildman–Crippen LogP) is 6.63. The molecule has 160 valence electrons. The minimum absolute atomic E-state index is 0. The van der Waals surface area contributed by atoms with Crippen molar-refractivity contribution in [3.8, 4) is 28.6 Å². The first-order valence-electron chi connectivity index (χ1n) is 11.2. The molecule has 3 aromatic heterocycles. The Morgan fingerprint density at radius 1 is 0.758 bits per heavy atom. The summed E-state index contributed by atoms with van der Waals surface area (Å²) in [7, 11) is 0. The molecule has 0 saturated heterocycles. The van der Waals surface area contributed by atoms with Crippen LogP contribution >= 0.6 is 0 Å². The first kappa shape index (κ1) is 18.8. The molecule has 0 unspecified atom stereocenters. The molecule has 4 nitrogen and oxygen atoms in total. The van der Waals surface area contributed by atoms with Crippen LogP contribution in [0.15, 0.2) is 103 Å². The van der Waals surface area contributed by atoms with Crippen LogP contribution in [0.3, 0.4) is 0 Å². The van der Waals surface area contributed by atoms with E-state index in [1.807, 2.05) is 41.0 Å². The number of fused-ring (bicyclic) bond motifs is 3. The third kappa shape index (κ3) is 3.94. The summed E-state index contributed by atoms with van der Waals surface area (Å²) in [6.45, 7) is 0. The van der Waals surface area contributed by atoms with Crippen LogP contribution in [0.2, 0.25) is 0 Å². The Hall–Kier alpha value is -3.75. The van der Waals surface area contributed by atoms with E-state index in [9.17, 15) is 0 Å². The molecular weight excluding hydrogens is 589 g/mol. The maximum Gasteiger partial charge on any atom is 2.00 e. The van der Waals surface area contributed by atoms with Crippen molar-refractivity contribution in [3.05, 3.63) is 115 Å². The summed E-state index contributed by atoms with van der Waals surface area (Å²) in [5.41, 5.74) is 3.52. The summed E-state index contributed by atoms with van der Waals surface area (Å²) >= 11 is 0. The smallest absolute Gasteiger partial charge is 0.460 e. The fourth-order valence-electron chi connectivity index (χ4n) is 3.86. The zero-order valence-electron chi connectivity index (χ0n) is 19.2. The number of para-hydroxylation sites is 1. The van der Waals surface area contributed by atoms with E-state index in [4.69, 9.17) is 7.48 Å². The summed E-state index contributed by atoms with van der Waals surface area (Å²) in [6.07, 6.45) is 3.24. The molecule has 0 spiro atoms. The van der Waals surface area contributed by atoms with Gasteiger partial charge in [-0.25, -0.2) is 21.1 Å². The van der Waals surface area contributed by atoms with Gasteiger partial charge in [-0.3, -0.25) is 0 Å². The van der Waals surface area contributed by atoms with E-state index in [1.54, 1.807) is 42.7 Å². The van der Waals surface area contributed by atoms with Crippen LogP contribution in [-0.4, -0.2) is 14.5 Å². The number of nitrogens with zero attached hydrogens (tertiary/aromatic N) is 3. The van der Waals surface area contributed by atoms with Gasteiger partial charge in [0.25, 0.3) is 0 Å². The summed E-state index contributed by atoms with van der Waals surface area (Å²) in [6, 6.07) is 32.0. The Kier molecular flexibility index (Phi) is 5.13. The average molecular weight is 609 g/mol. The van der Waals surface area contributed by atoms with Crippen molar-refractivity contribution in [1.29, 1.82) is 0 Å². The topological polar surface area (TPSA) is 39.9 Å². The van der Waals surface area contributed by atoms with Crippen LogP contribution < -0.4 is 4.74 Å². The Morgan fingerprint density at radius 3 is 2.55 bits per heavy atom. The molecule has 5 heteroatoms. The maximum absolute atomic E-state index is 8.06. The van der Waals surface area contributed by atoms with E-state index in [1.165, 1.54) is 0 Å². The Balaban J connectivity index is 0.00000253. The quantitative estimate of drug-likeness (QED) is 0.211. The van der Waals surface area contributed by atoms with Gasteiger partial charge in [0.2, 0.25) is 5.88 Å². The van der Waals surface area contributed by atoms with Crippen LogP contribution in [0.5, 0.6) is 11.6 Å². The van der Waals surface area contributed by atoms with Gasteiger partial charge >= 0.3 is 21.1 Å². The third-order valence-electron chi connectivity index (χ3n) is 5.25. The number of pyridine rings is 2. The second-order valence-electron chi connectivity index (χ2n) is 7.22.